The van der Waals surface area contributed by atoms with E-state index in [0.717, 1.165) is 35.3 Å². The van der Waals surface area contributed by atoms with Gasteiger partial charge in [0.25, 0.3) is 0 Å². The lowest BCUT2D eigenvalue weighted by Gasteiger charge is -2.39. The minimum absolute atomic E-state index is 0.0435. The Balaban J connectivity index is 2.00. The molecule has 0 unspecified atom stereocenters. The lowest BCUT2D eigenvalue weighted by Crippen LogP contribution is -2.49. The molecule has 0 heterocycles. The van der Waals surface area contributed by atoms with Gasteiger partial charge in [0.2, 0.25) is 0 Å². The maximum absolute atomic E-state index is 13.1. The van der Waals surface area contributed by atoms with Crippen LogP contribution in [-0.4, -0.2) is 11.4 Å². The van der Waals surface area contributed by atoms with Crippen molar-refractivity contribution in [2.24, 2.45) is 5.92 Å². The van der Waals surface area contributed by atoms with Crippen molar-refractivity contribution >= 4 is 27.5 Å². The van der Waals surface area contributed by atoms with E-state index in [1.807, 2.05) is 6.07 Å². The Morgan fingerprint density at radius 1 is 1.42 bits per heavy atom. The standard InChI is InChI=1S/C15H20BrClFN/c1-11-4-6-15(10-17,7-5-11)19-9-12-2-3-13(18)8-14(12)16/h2-3,8,11,19H,4-7,9-10H2,1H3. The number of rotatable bonds is 4. The minimum atomic E-state index is -0.214. The number of hydrogen-bond donors (Lipinski definition) is 1. The van der Waals surface area contributed by atoms with Gasteiger partial charge in [-0.2, -0.15) is 0 Å². The summed E-state index contributed by atoms with van der Waals surface area (Å²) in [6, 6.07) is 4.82. The first-order chi connectivity index (χ1) is 9.04. The van der Waals surface area contributed by atoms with Crippen molar-refractivity contribution in [1.29, 1.82) is 0 Å². The van der Waals surface area contributed by atoms with Gasteiger partial charge in [-0.1, -0.05) is 28.9 Å². The average Bonchev–Trinajstić information content (AvgIpc) is 2.40. The van der Waals surface area contributed by atoms with Crippen LogP contribution < -0.4 is 5.32 Å². The molecule has 0 radical (unpaired) electrons. The predicted octanol–water partition coefficient (Wildman–Crippen LogP) is 4.87. The maximum atomic E-state index is 13.1. The van der Waals surface area contributed by atoms with Crippen molar-refractivity contribution in [2.45, 2.75) is 44.7 Å². The van der Waals surface area contributed by atoms with Gasteiger partial charge in [0.15, 0.2) is 0 Å². The van der Waals surface area contributed by atoms with Crippen LogP contribution in [0.4, 0.5) is 4.39 Å². The molecule has 1 saturated carbocycles. The van der Waals surface area contributed by atoms with Gasteiger partial charge < -0.3 is 5.32 Å². The number of halogens is 3. The second-order valence-electron chi connectivity index (χ2n) is 5.69. The Kier molecular flexibility index (Phi) is 5.27. The van der Waals surface area contributed by atoms with Crippen LogP contribution in [0.2, 0.25) is 0 Å². The number of alkyl halides is 1. The molecule has 0 aliphatic heterocycles. The minimum Gasteiger partial charge on any atom is -0.306 e. The molecule has 0 atom stereocenters. The van der Waals surface area contributed by atoms with Crippen LogP contribution in [0, 0.1) is 11.7 Å². The van der Waals surface area contributed by atoms with Crippen LogP contribution in [-0.2, 0) is 6.54 Å². The van der Waals surface area contributed by atoms with Crippen molar-refractivity contribution in [3.05, 3.63) is 34.1 Å². The van der Waals surface area contributed by atoms with Gasteiger partial charge in [-0.3, -0.25) is 0 Å². The van der Waals surface area contributed by atoms with Crippen molar-refractivity contribution in [2.75, 3.05) is 5.88 Å². The molecule has 0 spiro atoms. The zero-order valence-electron chi connectivity index (χ0n) is 11.2. The Morgan fingerprint density at radius 3 is 2.68 bits per heavy atom. The Hall–Kier alpha value is -0.120. The van der Waals surface area contributed by atoms with Crippen LogP contribution >= 0.6 is 27.5 Å². The van der Waals surface area contributed by atoms with Crippen LogP contribution in [0.5, 0.6) is 0 Å². The first-order valence-electron chi connectivity index (χ1n) is 6.79. The molecule has 106 valence electrons. The summed E-state index contributed by atoms with van der Waals surface area (Å²) in [7, 11) is 0. The van der Waals surface area contributed by atoms with E-state index in [2.05, 4.69) is 28.2 Å². The Labute approximate surface area is 128 Å². The molecule has 0 aromatic heterocycles. The summed E-state index contributed by atoms with van der Waals surface area (Å²) < 4.78 is 13.9. The monoisotopic (exact) mass is 347 g/mol. The quantitative estimate of drug-likeness (QED) is 0.766. The van der Waals surface area contributed by atoms with Gasteiger partial charge in [0.05, 0.1) is 0 Å². The van der Waals surface area contributed by atoms with E-state index in [4.69, 9.17) is 11.6 Å². The molecule has 1 fully saturated rings. The summed E-state index contributed by atoms with van der Waals surface area (Å²) >= 11 is 9.59. The van der Waals surface area contributed by atoms with Gasteiger partial charge in [0, 0.05) is 22.4 Å². The molecule has 19 heavy (non-hydrogen) atoms. The molecular weight excluding hydrogens is 329 g/mol. The van der Waals surface area contributed by atoms with Gasteiger partial charge in [-0.05, 0) is 49.3 Å². The van der Waals surface area contributed by atoms with Crippen molar-refractivity contribution in [3.63, 3.8) is 0 Å². The summed E-state index contributed by atoms with van der Waals surface area (Å²) in [5.74, 6) is 1.23. The lowest BCUT2D eigenvalue weighted by molar-refractivity contribution is 0.216. The van der Waals surface area contributed by atoms with E-state index in [1.165, 1.54) is 25.0 Å². The third kappa shape index (κ3) is 3.93. The molecule has 0 amide bonds. The molecular formula is C15H20BrClFN. The van der Waals surface area contributed by atoms with Crippen molar-refractivity contribution in [1.82, 2.24) is 5.32 Å². The normalized spacial score (nSPS) is 27.5. The van der Waals surface area contributed by atoms with E-state index in [-0.39, 0.29) is 11.4 Å². The van der Waals surface area contributed by atoms with Crippen LogP contribution in [0.3, 0.4) is 0 Å². The highest BCUT2D eigenvalue weighted by Gasteiger charge is 2.32. The SMILES string of the molecule is CC1CCC(CCl)(NCc2ccc(F)cc2Br)CC1. The molecule has 1 aromatic carbocycles. The fourth-order valence-corrected chi connectivity index (χ4v) is 3.47. The molecule has 0 bridgehead atoms. The molecule has 1 aliphatic carbocycles. The molecule has 1 nitrogen and oxygen atoms in total. The number of benzene rings is 1. The van der Waals surface area contributed by atoms with Gasteiger partial charge >= 0.3 is 0 Å². The number of nitrogens with one attached hydrogen (secondary N) is 1. The van der Waals surface area contributed by atoms with Crippen molar-refractivity contribution < 1.29 is 4.39 Å². The highest BCUT2D eigenvalue weighted by Crippen LogP contribution is 2.33. The highest BCUT2D eigenvalue weighted by atomic mass is 79.9. The fraction of sp³-hybridized carbons (Fsp3) is 0.600. The Bertz CT molecular complexity index is 430. The molecule has 1 aromatic rings. The van der Waals surface area contributed by atoms with E-state index in [9.17, 15) is 4.39 Å². The summed E-state index contributed by atoms with van der Waals surface area (Å²) in [4.78, 5) is 0. The molecule has 1 N–H and O–H groups in total. The van der Waals surface area contributed by atoms with Crippen LogP contribution in [0.1, 0.15) is 38.2 Å². The Morgan fingerprint density at radius 2 is 2.11 bits per heavy atom. The van der Waals surface area contributed by atoms with Gasteiger partial charge in [-0.25, -0.2) is 4.39 Å². The topological polar surface area (TPSA) is 12.0 Å². The first-order valence-corrected chi connectivity index (χ1v) is 8.12. The first kappa shape index (κ1) is 15.3. The average molecular weight is 349 g/mol. The molecule has 0 saturated heterocycles. The van der Waals surface area contributed by atoms with E-state index in [1.54, 1.807) is 0 Å². The summed E-state index contributed by atoms with van der Waals surface area (Å²) in [5, 5.41) is 3.60. The van der Waals surface area contributed by atoms with E-state index < -0.39 is 0 Å². The molecule has 4 heteroatoms. The summed E-state index contributed by atoms with van der Waals surface area (Å²) in [5.41, 5.74) is 1.12. The largest absolute Gasteiger partial charge is 0.306 e. The summed E-state index contributed by atoms with van der Waals surface area (Å²) in [6.07, 6.45) is 4.70. The molecule has 2 rings (SSSR count). The zero-order valence-corrected chi connectivity index (χ0v) is 13.5. The smallest absolute Gasteiger partial charge is 0.124 e. The second-order valence-corrected chi connectivity index (χ2v) is 6.81. The fourth-order valence-electron chi connectivity index (χ4n) is 2.62. The maximum Gasteiger partial charge on any atom is 0.124 e. The van der Waals surface area contributed by atoms with Gasteiger partial charge in [0.1, 0.15) is 5.82 Å². The third-order valence-corrected chi connectivity index (χ3v) is 5.41. The zero-order chi connectivity index (χ0) is 13.9. The van der Waals surface area contributed by atoms with E-state index in [0.29, 0.717) is 5.88 Å². The number of hydrogen-bond acceptors (Lipinski definition) is 1. The third-order valence-electron chi connectivity index (χ3n) is 4.16. The summed E-state index contributed by atoms with van der Waals surface area (Å²) in [6.45, 7) is 3.02. The highest BCUT2D eigenvalue weighted by molar-refractivity contribution is 9.10. The van der Waals surface area contributed by atoms with Crippen LogP contribution in [0.25, 0.3) is 0 Å². The van der Waals surface area contributed by atoms with E-state index >= 15 is 0 Å². The van der Waals surface area contributed by atoms with Gasteiger partial charge in [-0.15, -0.1) is 11.6 Å². The second kappa shape index (κ2) is 6.55. The predicted molar refractivity (Wildman–Crippen MR) is 82.0 cm³/mol. The lowest BCUT2D eigenvalue weighted by atomic mass is 9.78. The van der Waals surface area contributed by atoms with Crippen LogP contribution in [0.15, 0.2) is 22.7 Å². The van der Waals surface area contributed by atoms with Crippen molar-refractivity contribution in [3.8, 4) is 0 Å². The molecule has 1 aliphatic rings.